The van der Waals surface area contributed by atoms with E-state index in [2.05, 4.69) is 41.5 Å². The summed E-state index contributed by atoms with van der Waals surface area (Å²) in [6.45, 7) is 13.8. The number of rotatable bonds is 11. The van der Waals surface area contributed by atoms with E-state index < -0.39 is 0 Å². The zero-order valence-electron chi connectivity index (χ0n) is 21.6. The molecule has 0 aliphatic heterocycles. The highest BCUT2D eigenvalue weighted by Gasteiger charge is 2.49. The van der Waals surface area contributed by atoms with Crippen molar-refractivity contribution < 1.29 is 19.7 Å². The van der Waals surface area contributed by atoms with E-state index in [0.29, 0.717) is 35.2 Å². The van der Waals surface area contributed by atoms with Crippen LogP contribution in [0.2, 0.25) is 0 Å². The molecule has 1 saturated carbocycles. The number of aromatic hydroxyl groups is 1. The Balaban J connectivity index is 2.22. The molecule has 0 aromatic heterocycles. The molecule has 0 saturated heterocycles. The zero-order valence-corrected chi connectivity index (χ0v) is 21.6. The van der Waals surface area contributed by atoms with Crippen LogP contribution >= 0.6 is 0 Å². The third-order valence-electron chi connectivity index (χ3n) is 8.14. The van der Waals surface area contributed by atoms with Gasteiger partial charge in [0, 0.05) is 24.2 Å². The highest BCUT2D eigenvalue weighted by atomic mass is 16.5. The lowest BCUT2D eigenvalue weighted by Crippen LogP contribution is -2.51. The number of aliphatic hydroxyl groups is 1. The van der Waals surface area contributed by atoms with Gasteiger partial charge in [-0.05, 0) is 60.5 Å². The summed E-state index contributed by atoms with van der Waals surface area (Å²) in [4.78, 5) is 13.0. The largest absolute Gasteiger partial charge is 0.507 e. The molecular weight excluding hydrogens is 412 g/mol. The summed E-state index contributed by atoms with van der Waals surface area (Å²) < 4.78 is 6.26. The number of phenolic OH excluding ortho intramolecular Hbond substituents is 1. The maximum Gasteiger partial charge on any atom is 0.331 e. The minimum Gasteiger partial charge on any atom is -0.507 e. The van der Waals surface area contributed by atoms with Gasteiger partial charge in [0.2, 0.25) is 0 Å². The Kier molecular flexibility index (Phi) is 10.5. The maximum absolute atomic E-state index is 13.0. The Bertz CT molecular complexity index is 771. The van der Waals surface area contributed by atoms with E-state index in [1.807, 2.05) is 6.07 Å². The number of ether oxygens (including phenoxy) is 1. The van der Waals surface area contributed by atoms with Gasteiger partial charge in [0.05, 0.1) is 0 Å². The normalized spacial score (nSPS) is 27.6. The molecule has 0 radical (unpaired) electrons. The quantitative estimate of drug-likeness (QED) is 0.281. The highest BCUT2D eigenvalue weighted by Crippen LogP contribution is 2.52. The van der Waals surface area contributed by atoms with E-state index in [9.17, 15) is 15.0 Å². The van der Waals surface area contributed by atoms with E-state index in [1.165, 1.54) is 6.08 Å². The van der Waals surface area contributed by atoms with Gasteiger partial charge in [-0.2, -0.15) is 0 Å². The molecule has 2 rings (SSSR count). The topological polar surface area (TPSA) is 66.8 Å². The average Bonchev–Trinajstić information content (AvgIpc) is 2.78. The number of phenols is 1. The Hall–Kier alpha value is -1.81. The van der Waals surface area contributed by atoms with Gasteiger partial charge in [-0.25, -0.2) is 4.79 Å². The van der Waals surface area contributed by atoms with Crippen molar-refractivity contribution in [3.63, 3.8) is 0 Å². The predicted molar refractivity (Wildman–Crippen MR) is 136 cm³/mol. The summed E-state index contributed by atoms with van der Waals surface area (Å²) in [5.41, 5.74) is 0.766. The second-order valence-electron chi connectivity index (χ2n) is 11.0. The van der Waals surface area contributed by atoms with Crippen LogP contribution in [-0.2, 0) is 9.53 Å². The number of esters is 1. The van der Waals surface area contributed by atoms with Crippen molar-refractivity contribution in [1.82, 2.24) is 0 Å². The summed E-state index contributed by atoms with van der Waals surface area (Å²) >= 11 is 0. The molecule has 1 fully saturated rings. The van der Waals surface area contributed by atoms with Crippen molar-refractivity contribution in [2.24, 2.45) is 35.0 Å². The fraction of sp³-hybridized carbons (Fsp3) is 0.690. The average molecular weight is 459 g/mol. The molecule has 2 N–H and O–H groups in total. The van der Waals surface area contributed by atoms with Crippen molar-refractivity contribution in [2.45, 2.75) is 86.2 Å². The maximum atomic E-state index is 13.0. The standard InChI is InChI=1S/C29H46O4/c1-7-29(6)18-17-24(22(5)12-10-11-21(4)19-30)28(27(29)20(2)3)33-26(32)16-15-23-13-8-9-14-25(23)31/h8-9,13-16,20-22,24,27-28,30-31H,7,10-12,17-19H2,1-6H3/t21-,22+,24+,27-,28+,29-/m0/s1. The fourth-order valence-corrected chi connectivity index (χ4v) is 5.91. The number of carbonyl (C=O) groups is 1. The number of para-hydroxylation sites is 1. The molecule has 186 valence electrons. The third kappa shape index (κ3) is 7.34. The van der Waals surface area contributed by atoms with Crippen molar-refractivity contribution >= 4 is 12.0 Å². The van der Waals surface area contributed by atoms with E-state index >= 15 is 0 Å². The van der Waals surface area contributed by atoms with Crippen molar-refractivity contribution in [3.05, 3.63) is 35.9 Å². The molecule has 0 amide bonds. The van der Waals surface area contributed by atoms with Crippen LogP contribution in [0.1, 0.15) is 85.6 Å². The molecular formula is C29H46O4. The van der Waals surface area contributed by atoms with Crippen LogP contribution < -0.4 is 0 Å². The molecule has 0 bridgehead atoms. The summed E-state index contributed by atoms with van der Waals surface area (Å²) in [5, 5.41) is 19.3. The van der Waals surface area contributed by atoms with E-state index in [-0.39, 0.29) is 29.8 Å². The highest BCUT2D eigenvalue weighted by molar-refractivity contribution is 5.87. The summed E-state index contributed by atoms with van der Waals surface area (Å²) in [6.07, 6.45) is 9.49. The lowest BCUT2D eigenvalue weighted by atomic mass is 9.56. The van der Waals surface area contributed by atoms with E-state index in [4.69, 9.17) is 4.74 Å². The molecule has 4 nitrogen and oxygen atoms in total. The second kappa shape index (κ2) is 12.6. The van der Waals surface area contributed by atoms with Gasteiger partial charge in [-0.1, -0.05) is 79.0 Å². The van der Waals surface area contributed by atoms with Crippen LogP contribution in [0.15, 0.2) is 30.3 Å². The monoisotopic (exact) mass is 458 g/mol. The molecule has 0 unspecified atom stereocenters. The smallest absolute Gasteiger partial charge is 0.331 e. The van der Waals surface area contributed by atoms with Gasteiger partial charge < -0.3 is 14.9 Å². The molecule has 1 aromatic rings. The third-order valence-corrected chi connectivity index (χ3v) is 8.14. The second-order valence-corrected chi connectivity index (χ2v) is 11.0. The molecule has 4 heteroatoms. The summed E-state index contributed by atoms with van der Waals surface area (Å²) in [5.74, 6) is 1.68. The Morgan fingerprint density at radius 3 is 2.52 bits per heavy atom. The minimum absolute atomic E-state index is 0.115. The first-order valence-corrected chi connectivity index (χ1v) is 12.9. The first-order chi connectivity index (χ1) is 15.6. The Labute approximate surface area is 201 Å². The van der Waals surface area contributed by atoms with Crippen LogP contribution in [-0.4, -0.2) is 28.9 Å². The van der Waals surface area contributed by atoms with Crippen LogP contribution in [0.4, 0.5) is 0 Å². The predicted octanol–water partition coefficient (Wildman–Crippen LogP) is 6.85. The number of hydrogen-bond donors (Lipinski definition) is 2. The first kappa shape index (κ1) is 27.4. The summed E-state index contributed by atoms with van der Waals surface area (Å²) in [7, 11) is 0. The van der Waals surface area contributed by atoms with E-state index in [0.717, 1.165) is 38.5 Å². The zero-order chi connectivity index (χ0) is 24.6. The Morgan fingerprint density at radius 1 is 1.21 bits per heavy atom. The lowest BCUT2D eigenvalue weighted by Gasteiger charge is -2.52. The summed E-state index contributed by atoms with van der Waals surface area (Å²) in [6, 6.07) is 6.99. The van der Waals surface area contributed by atoms with Crippen LogP contribution in [0.5, 0.6) is 5.75 Å². The van der Waals surface area contributed by atoms with Gasteiger partial charge in [0.15, 0.2) is 0 Å². The molecule has 1 aromatic carbocycles. The van der Waals surface area contributed by atoms with Crippen molar-refractivity contribution in [3.8, 4) is 5.75 Å². The van der Waals surface area contributed by atoms with Gasteiger partial charge in [0.1, 0.15) is 11.9 Å². The fourth-order valence-electron chi connectivity index (χ4n) is 5.91. The van der Waals surface area contributed by atoms with Gasteiger partial charge in [-0.3, -0.25) is 0 Å². The minimum atomic E-state index is -0.333. The number of benzene rings is 1. The number of aliphatic hydroxyl groups excluding tert-OH is 1. The molecule has 0 spiro atoms. The van der Waals surface area contributed by atoms with Gasteiger partial charge >= 0.3 is 5.97 Å². The van der Waals surface area contributed by atoms with Gasteiger partial charge in [-0.15, -0.1) is 0 Å². The molecule has 1 aliphatic rings. The first-order valence-electron chi connectivity index (χ1n) is 12.9. The SMILES string of the molecule is CC[C@@]1(C)CC[C@H]([C@H](C)CCC[C@H](C)CO)[C@@H](OC(=O)C=Cc2ccccc2O)[C@@H]1C(C)C. The van der Waals surface area contributed by atoms with Crippen LogP contribution in [0.3, 0.4) is 0 Å². The van der Waals surface area contributed by atoms with Crippen molar-refractivity contribution in [1.29, 1.82) is 0 Å². The van der Waals surface area contributed by atoms with E-state index in [1.54, 1.807) is 24.3 Å². The molecule has 1 aliphatic carbocycles. The van der Waals surface area contributed by atoms with Crippen LogP contribution in [0, 0.1) is 35.0 Å². The number of hydrogen-bond acceptors (Lipinski definition) is 4. The molecule has 0 heterocycles. The Morgan fingerprint density at radius 2 is 1.91 bits per heavy atom. The molecule has 33 heavy (non-hydrogen) atoms. The lowest BCUT2D eigenvalue weighted by molar-refractivity contribution is -0.166. The molecule has 6 atom stereocenters. The van der Waals surface area contributed by atoms with Crippen molar-refractivity contribution in [2.75, 3.05) is 6.61 Å². The number of carbonyl (C=O) groups excluding carboxylic acids is 1. The van der Waals surface area contributed by atoms with Gasteiger partial charge in [0.25, 0.3) is 0 Å². The van der Waals surface area contributed by atoms with Crippen LogP contribution in [0.25, 0.3) is 6.08 Å².